The normalized spacial score (nSPS) is 13.7. The number of methoxy groups -OCH3 is 1. The molecule has 1 aromatic rings. The van der Waals surface area contributed by atoms with Gasteiger partial charge in [-0.3, -0.25) is 0 Å². The van der Waals surface area contributed by atoms with E-state index in [1.54, 1.807) is 0 Å². The molecule has 0 spiro atoms. The summed E-state index contributed by atoms with van der Waals surface area (Å²) in [6.07, 6.45) is 0.774. The van der Waals surface area contributed by atoms with E-state index in [2.05, 4.69) is 18.6 Å². The van der Waals surface area contributed by atoms with Crippen LogP contribution in [0.25, 0.3) is 0 Å². The maximum absolute atomic E-state index is 12.0. The molecule has 0 aromatic heterocycles. The predicted molar refractivity (Wildman–Crippen MR) is 77.4 cm³/mol. The van der Waals surface area contributed by atoms with Crippen molar-refractivity contribution in [1.29, 1.82) is 0 Å². The Morgan fingerprint density at radius 2 is 1.84 bits per heavy atom. The van der Waals surface area contributed by atoms with Crippen molar-refractivity contribution in [2.45, 2.75) is 26.3 Å². The largest absolute Gasteiger partial charge is 0.384 e. The molecule has 0 aliphatic rings. The second-order valence-corrected chi connectivity index (χ2v) is 6.90. The van der Waals surface area contributed by atoms with Gasteiger partial charge in [0.15, 0.2) is 0 Å². The zero-order chi connectivity index (χ0) is 14.3. The molecule has 1 N–H and O–H groups in total. The molecule has 0 fully saturated rings. The van der Waals surface area contributed by atoms with Crippen LogP contribution in [0.4, 0.5) is 0 Å². The minimum Gasteiger partial charge on any atom is -0.384 e. The Balaban J connectivity index is 2.81. The summed E-state index contributed by atoms with van der Waals surface area (Å²) in [5, 5.41) is 0. The van der Waals surface area contributed by atoms with Crippen LogP contribution in [0, 0.1) is 5.92 Å². The number of rotatable bonds is 8. The Hall–Kier alpha value is -0.910. The third-order valence-corrected chi connectivity index (χ3v) is 4.13. The van der Waals surface area contributed by atoms with Crippen LogP contribution in [0.5, 0.6) is 0 Å². The van der Waals surface area contributed by atoms with Crippen LogP contribution in [-0.2, 0) is 14.8 Å². The summed E-state index contributed by atoms with van der Waals surface area (Å²) in [6.45, 7) is 4.37. The molecule has 5 heteroatoms. The predicted octanol–water partition coefficient (Wildman–Crippen LogP) is 2.34. The van der Waals surface area contributed by atoms with Crippen molar-refractivity contribution in [1.82, 2.24) is 4.72 Å². The zero-order valence-electron chi connectivity index (χ0n) is 11.8. The first-order valence-corrected chi connectivity index (χ1v) is 8.13. The number of benzene rings is 1. The molecule has 0 heterocycles. The van der Waals surface area contributed by atoms with Crippen LogP contribution in [0.2, 0.25) is 0 Å². The van der Waals surface area contributed by atoms with E-state index in [1.807, 2.05) is 30.3 Å². The molecule has 1 rings (SSSR count). The standard InChI is InChI=1S/C14H23NO3S/c1-12(2)11-14(13-7-5-4-6-8-13)15-19(16,17)10-9-18-3/h4-8,12,14-15H,9-11H2,1-3H3/t14-/m0/s1. The lowest BCUT2D eigenvalue weighted by atomic mass is 9.98. The zero-order valence-corrected chi connectivity index (χ0v) is 12.6. The fourth-order valence-corrected chi connectivity index (χ4v) is 3.05. The molecule has 1 aromatic carbocycles. The van der Waals surface area contributed by atoms with E-state index < -0.39 is 10.0 Å². The van der Waals surface area contributed by atoms with Gasteiger partial charge >= 0.3 is 0 Å². The van der Waals surface area contributed by atoms with Gasteiger partial charge in [0.2, 0.25) is 10.0 Å². The molecule has 0 amide bonds. The fourth-order valence-electron chi connectivity index (χ4n) is 1.88. The lowest BCUT2D eigenvalue weighted by molar-refractivity contribution is 0.216. The highest BCUT2D eigenvalue weighted by Crippen LogP contribution is 2.21. The summed E-state index contributed by atoms with van der Waals surface area (Å²) >= 11 is 0. The maximum Gasteiger partial charge on any atom is 0.214 e. The van der Waals surface area contributed by atoms with Crippen LogP contribution in [-0.4, -0.2) is 27.9 Å². The van der Waals surface area contributed by atoms with Crippen LogP contribution in [0.1, 0.15) is 31.9 Å². The second-order valence-electron chi connectivity index (χ2n) is 5.02. The number of hydrogen-bond acceptors (Lipinski definition) is 3. The molecule has 0 saturated carbocycles. The average molecular weight is 285 g/mol. The Morgan fingerprint density at radius 1 is 1.21 bits per heavy atom. The first kappa shape index (κ1) is 16.1. The van der Waals surface area contributed by atoms with Gasteiger partial charge in [-0.2, -0.15) is 0 Å². The topological polar surface area (TPSA) is 55.4 Å². The van der Waals surface area contributed by atoms with Gasteiger partial charge in [-0.15, -0.1) is 0 Å². The molecule has 1 atom stereocenters. The molecule has 0 bridgehead atoms. The monoisotopic (exact) mass is 285 g/mol. The Morgan fingerprint density at radius 3 is 2.37 bits per heavy atom. The fraction of sp³-hybridized carbons (Fsp3) is 0.571. The van der Waals surface area contributed by atoms with Gasteiger partial charge in [-0.25, -0.2) is 13.1 Å². The highest BCUT2D eigenvalue weighted by atomic mass is 32.2. The van der Waals surface area contributed by atoms with Crippen LogP contribution in [0.3, 0.4) is 0 Å². The van der Waals surface area contributed by atoms with Gasteiger partial charge in [0, 0.05) is 13.2 Å². The highest BCUT2D eigenvalue weighted by molar-refractivity contribution is 7.89. The molecular formula is C14H23NO3S. The van der Waals surface area contributed by atoms with E-state index in [-0.39, 0.29) is 18.4 Å². The summed E-state index contributed by atoms with van der Waals surface area (Å²) in [6, 6.07) is 9.49. The van der Waals surface area contributed by atoms with Crippen molar-refractivity contribution >= 4 is 10.0 Å². The Kier molecular flexibility index (Phi) is 6.48. The molecule has 0 aliphatic carbocycles. The third-order valence-electron chi connectivity index (χ3n) is 2.79. The van der Waals surface area contributed by atoms with E-state index in [0.717, 1.165) is 12.0 Å². The van der Waals surface area contributed by atoms with Crippen molar-refractivity contribution in [3.05, 3.63) is 35.9 Å². The van der Waals surface area contributed by atoms with Crippen LogP contribution < -0.4 is 4.72 Å². The quantitative estimate of drug-likeness (QED) is 0.797. The van der Waals surface area contributed by atoms with Crippen molar-refractivity contribution in [3.63, 3.8) is 0 Å². The maximum atomic E-state index is 12.0. The second kappa shape index (κ2) is 7.62. The summed E-state index contributed by atoms with van der Waals surface area (Å²) in [4.78, 5) is 0. The summed E-state index contributed by atoms with van der Waals surface area (Å²) < 4.78 is 31.5. The molecule has 0 aliphatic heterocycles. The lowest BCUT2D eigenvalue weighted by Gasteiger charge is -2.21. The highest BCUT2D eigenvalue weighted by Gasteiger charge is 2.20. The van der Waals surface area contributed by atoms with Crippen LogP contribution in [0.15, 0.2) is 30.3 Å². The van der Waals surface area contributed by atoms with E-state index in [1.165, 1.54) is 7.11 Å². The summed E-state index contributed by atoms with van der Waals surface area (Å²) in [5.74, 6) is 0.403. The van der Waals surface area contributed by atoms with E-state index in [9.17, 15) is 8.42 Å². The summed E-state index contributed by atoms with van der Waals surface area (Å²) in [5.41, 5.74) is 0.997. The van der Waals surface area contributed by atoms with Crippen molar-refractivity contribution < 1.29 is 13.2 Å². The SMILES string of the molecule is COCCS(=O)(=O)N[C@@H](CC(C)C)c1ccccc1. The summed E-state index contributed by atoms with van der Waals surface area (Å²) in [7, 11) is -1.81. The Labute approximate surface area is 116 Å². The molecule has 0 saturated heterocycles. The number of ether oxygens (including phenoxy) is 1. The molecule has 0 radical (unpaired) electrons. The molecule has 0 unspecified atom stereocenters. The van der Waals surface area contributed by atoms with Gasteiger partial charge in [0.25, 0.3) is 0 Å². The lowest BCUT2D eigenvalue weighted by Crippen LogP contribution is -2.32. The van der Waals surface area contributed by atoms with Crippen molar-refractivity contribution in [2.24, 2.45) is 5.92 Å². The first-order chi connectivity index (χ1) is 8.94. The van der Waals surface area contributed by atoms with Gasteiger partial charge in [-0.05, 0) is 17.9 Å². The van der Waals surface area contributed by atoms with Gasteiger partial charge in [-0.1, -0.05) is 44.2 Å². The molecule has 4 nitrogen and oxygen atoms in total. The molecular weight excluding hydrogens is 262 g/mol. The van der Waals surface area contributed by atoms with Gasteiger partial charge in [0.05, 0.1) is 12.4 Å². The third kappa shape index (κ3) is 6.18. The van der Waals surface area contributed by atoms with Crippen LogP contribution >= 0.6 is 0 Å². The minimum atomic E-state index is -3.31. The molecule has 108 valence electrons. The minimum absolute atomic E-state index is 0.00900. The van der Waals surface area contributed by atoms with E-state index >= 15 is 0 Å². The smallest absolute Gasteiger partial charge is 0.214 e. The number of hydrogen-bond donors (Lipinski definition) is 1. The first-order valence-electron chi connectivity index (χ1n) is 6.48. The van der Waals surface area contributed by atoms with E-state index in [4.69, 9.17) is 4.74 Å². The van der Waals surface area contributed by atoms with E-state index in [0.29, 0.717) is 5.92 Å². The van der Waals surface area contributed by atoms with Gasteiger partial charge in [0.1, 0.15) is 0 Å². The number of nitrogens with one attached hydrogen (secondary N) is 1. The average Bonchev–Trinajstić information content (AvgIpc) is 2.36. The molecule has 19 heavy (non-hydrogen) atoms. The van der Waals surface area contributed by atoms with Gasteiger partial charge < -0.3 is 4.74 Å². The van der Waals surface area contributed by atoms with Crippen molar-refractivity contribution in [3.8, 4) is 0 Å². The Bertz CT molecular complexity index is 457. The number of sulfonamides is 1. The van der Waals surface area contributed by atoms with Crippen molar-refractivity contribution in [2.75, 3.05) is 19.5 Å².